The van der Waals surface area contributed by atoms with E-state index in [9.17, 15) is 0 Å². The number of morpholine rings is 1. The van der Waals surface area contributed by atoms with E-state index >= 15 is 0 Å². The molecule has 1 aromatic carbocycles. The summed E-state index contributed by atoms with van der Waals surface area (Å²) < 4.78 is 11.7. The van der Waals surface area contributed by atoms with Gasteiger partial charge in [0.15, 0.2) is 0 Å². The van der Waals surface area contributed by atoms with Crippen LogP contribution in [0.5, 0.6) is 5.75 Å². The van der Waals surface area contributed by atoms with Gasteiger partial charge in [-0.05, 0) is 51.3 Å². The van der Waals surface area contributed by atoms with Crippen molar-refractivity contribution < 1.29 is 29.3 Å². The molecule has 7 nitrogen and oxygen atoms in total. The second-order valence-electron chi connectivity index (χ2n) is 6.78. The van der Waals surface area contributed by atoms with Crippen molar-refractivity contribution in [2.24, 2.45) is 0 Å². The minimum atomic E-state index is -1.82. The first-order chi connectivity index (χ1) is 13.3. The Hall–Kier alpha value is -2.38. The van der Waals surface area contributed by atoms with Crippen molar-refractivity contribution in [3.05, 3.63) is 42.5 Å². The number of para-hydroxylation sites is 1. The van der Waals surface area contributed by atoms with Crippen molar-refractivity contribution >= 4 is 11.9 Å². The van der Waals surface area contributed by atoms with Crippen molar-refractivity contribution in [3.63, 3.8) is 0 Å². The van der Waals surface area contributed by atoms with E-state index in [1.807, 2.05) is 24.3 Å². The molecule has 0 radical (unpaired) electrons. The summed E-state index contributed by atoms with van der Waals surface area (Å²) in [5.74, 6) is -2.65. The molecule has 0 saturated carbocycles. The molecule has 0 spiro atoms. The van der Waals surface area contributed by atoms with E-state index < -0.39 is 11.9 Å². The van der Waals surface area contributed by atoms with Gasteiger partial charge in [0.25, 0.3) is 0 Å². The highest BCUT2D eigenvalue weighted by atomic mass is 16.5. The lowest BCUT2D eigenvalue weighted by molar-refractivity contribution is -0.159. The Morgan fingerprint density at radius 3 is 2.36 bits per heavy atom. The van der Waals surface area contributed by atoms with Gasteiger partial charge in [-0.1, -0.05) is 24.3 Å². The lowest BCUT2D eigenvalue weighted by Crippen LogP contribution is -2.45. The van der Waals surface area contributed by atoms with Gasteiger partial charge in [-0.2, -0.15) is 0 Å². The number of rotatable bonds is 8. The van der Waals surface area contributed by atoms with Gasteiger partial charge < -0.3 is 19.7 Å². The molecule has 0 bridgehead atoms. The zero-order valence-electron chi connectivity index (χ0n) is 16.7. The Bertz CT molecular complexity index is 611. The summed E-state index contributed by atoms with van der Waals surface area (Å²) in [6.07, 6.45) is 5.74. The van der Waals surface area contributed by atoms with Crippen molar-refractivity contribution in [2.45, 2.75) is 45.3 Å². The molecule has 2 rings (SSSR count). The van der Waals surface area contributed by atoms with Crippen molar-refractivity contribution in [3.8, 4) is 5.75 Å². The number of ether oxygens (including phenoxy) is 2. The van der Waals surface area contributed by atoms with Gasteiger partial charge in [0.05, 0.1) is 18.8 Å². The fourth-order valence-electron chi connectivity index (χ4n) is 3.06. The highest BCUT2D eigenvalue weighted by molar-refractivity contribution is 6.27. The van der Waals surface area contributed by atoms with Crippen molar-refractivity contribution in [1.82, 2.24) is 4.90 Å². The molecule has 1 aliphatic rings. The summed E-state index contributed by atoms with van der Waals surface area (Å²) in [5, 5.41) is 14.8. The maximum atomic E-state index is 9.10. The Labute approximate surface area is 166 Å². The van der Waals surface area contributed by atoms with Crippen LogP contribution in [0.1, 0.15) is 32.3 Å². The minimum Gasteiger partial charge on any atom is -0.493 e. The third kappa shape index (κ3) is 9.53. The summed E-state index contributed by atoms with van der Waals surface area (Å²) in [6, 6.07) is 8.22. The van der Waals surface area contributed by atoms with Gasteiger partial charge in [0.2, 0.25) is 0 Å². The molecule has 7 heteroatoms. The second kappa shape index (κ2) is 12.9. The van der Waals surface area contributed by atoms with E-state index in [2.05, 4.69) is 31.4 Å². The zero-order valence-corrected chi connectivity index (χ0v) is 16.7. The van der Waals surface area contributed by atoms with Crippen LogP contribution in [0.25, 0.3) is 0 Å². The van der Waals surface area contributed by atoms with Gasteiger partial charge in [0, 0.05) is 13.1 Å². The van der Waals surface area contributed by atoms with Gasteiger partial charge in [-0.15, -0.1) is 6.58 Å². The maximum absolute atomic E-state index is 9.10. The van der Waals surface area contributed by atoms with Gasteiger partial charge >= 0.3 is 11.9 Å². The van der Waals surface area contributed by atoms with Gasteiger partial charge in [-0.3, -0.25) is 4.90 Å². The van der Waals surface area contributed by atoms with Gasteiger partial charge in [-0.25, -0.2) is 9.59 Å². The third-order valence-electron chi connectivity index (χ3n) is 4.14. The zero-order chi connectivity index (χ0) is 20.9. The van der Waals surface area contributed by atoms with E-state index in [1.54, 1.807) is 0 Å². The fourth-order valence-corrected chi connectivity index (χ4v) is 3.06. The van der Waals surface area contributed by atoms with E-state index in [0.717, 1.165) is 44.8 Å². The summed E-state index contributed by atoms with van der Waals surface area (Å²) >= 11 is 0. The first-order valence-electron chi connectivity index (χ1n) is 9.49. The normalized spacial score (nSPS) is 19.2. The first kappa shape index (κ1) is 23.7. The van der Waals surface area contributed by atoms with Crippen LogP contribution in [0.4, 0.5) is 0 Å². The number of benzene rings is 1. The van der Waals surface area contributed by atoms with Crippen LogP contribution in [-0.4, -0.2) is 65.5 Å². The van der Waals surface area contributed by atoms with Crippen molar-refractivity contribution in [2.75, 3.05) is 26.2 Å². The van der Waals surface area contributed by atoms with E-state index in [4.69, 9.17) is 29.3 Å². The average molecular weight is 393 g/mol. The third-order valence-corrected chi connectivity index (χ3v) is 4.14. The van der Waals surface area contributed by atoms with Crippen LogP contribution in [0.2, 0.25) is 0 Å². The van der Waals surface area contributed by atoms with E-state index in [1.165, 1.54) is 12.0 Å². The highest BCUT2D eigenvalue weighted by Crippen LogP contribution is 2.19. The van der Waals surface area contributed by atoms with Crippen LogP contribution < -0.4 is 4.74 Å². The second-order valence-corrected chi connectivity index (χ2v) is 6.78. The van der Waals surface area contributed by atoms with Crippen LogP contribution in [-0.2, 0) is 20.7 Å². The predicted octanol–water partition coefficient (Wildman–Crippen LogP) is 2.84. The molecule has 2 N–H and O–H groups in total. The Kier molecular flexibility index (Phi) is 10.9. The predicted molar refractivity (Wildman–Crippen MR) is 107 cm³/mol. The monoisotopic (exact) mass is 393 g/mol. The molecular formula is C21H31NO6. The molecular weight excluding hydrogens is 362 g/mol. The molecule has 0 amide bonds. The summed E-state index contributed by atoms with van der Waals surface area (Å²) in [6.45, 7) is 12.1. The number of allylic oxidation sites excluding steroid dienone is 1. The number of aliphatic carboxylic acids is 2. The molecule has 1 fully saturated rings. The topological polar surface area (TPSA) is 96.3 Å². The molecule has 1 heterocycles. The number of carboxylic acid groups (broad SMARTS) is 2. The number of unbranched alkanes of at least 4 members (excludes halogenated alkanes) is 1. The minimum absolute atomic E-state index is 0.353. The standard InChI is InChI=1S/C19H29NO2.C2H2O4/c1-4-9-18-10-5-6-11-19(18)21-13-8-7-12-20-14-16(2)22-17(3)15-20;3-1(4)2(5)6/h4-6,10-11,16-17H,1,7-9,12-15H2,2-3H3;(H,3,4)(H,5,6). The van der Waals surface area contributed by atoms with Crippen LogP contribution in [0, 0.1) is 0 Å². The van der Waals surface area contributed by atoms with Crippen LogP contribution in [0.15, 0.2) is 36.9 Å². The number of nitrogens with zero attached hydrogens (tertiary/aromatic N) is 1. The summed E-state index contributed by atoms with van der Waals surface area (Å²) in [7, 11) is 0. The molecule has 1 aliphatic heterocycles. The molecule has 1 saturated heterocycles. The maximum Gasteiger partial charge on any atom is 0.414 e. The fraction of sp³-hybridized carbons (Fsp3) is 0.524. The quantitative estimate of drug-likeness (QED) is 0.398. The Balaban J connectivity index is 0.000000568. The van der Waals surface area contributed by atoms with E-state index in [0.29, 0.717) is 12.2 Å². The van der Waals surface area contributed by atoms with Crippen LogP contribution >= 0.6 is 0 Å². The van der Waals surface area contributed by atoms with E-state index in [-0.39, 0.29) is 0 Å². The smallest absolute Gasteiger partial charge is 0.414 e. The first-order valence-corrected chi connectivity index (χ1v) is 9.49. The Morgan fingerprint density at radius 1 is 1.18 bits per heavy atom. The lowest BCUT2D eigenvalue weighted by Gasteiger charge is -2.35. The number of hydrogen-bond acceptors (Lipinski definition) is 5. The summed E-state index contributed by atoms with van der Waals surface area (Å²) in [4.78, 5) is 20.7. The SMILES string of the molecule is C=CCc1ccccc1OCCCCN1CC(C)OC(C)C1.O=C(O)C(=O)O. The lowest BCUT2D eigenvalue weighted by atomic mass is 10.1. The van der Waals surface area contributed by atoms with Gasteiger partial charge in [0.1, 0.15) is 5.75 Å². The average Bonchev–Trinajstić information content (AvgIpc) is 2.62. The molecule has 2 unspecified atom stereocenters. The molecule has 1 aromatic rings. The molecule has 0 aliphatic carbocycles. The van der Waals surface area contributed by atoms with Crippen molar-refractivity contribution in [1.29, 1.82) is 0 Å². The number of carboxylic acids is 2. The molecule has 2 atom stereocenters. The summed E-state index contributed by atoms with van der Waals surface area (Å²) in [5.41, 5.74) is 1.22. The number of carbonyl (C=O) groups is 2. The highest BCUT2D eigenvalue weighted by Gasteiger charge is 2.21. The molecule has 28 heavy (non-hydrogen) atoms. The van der Waals surface area contributed by atoms with Crippen LogP contribution in [0.3, 0.4) is 0 Å². The Morgan fingerprint density at radius 2 is 1.79 bits per heavy atom. The molecule has 0 aromatic heterocycles. The molecule has 156 valence electrons. The largest absolute Gasteiger partial charge is 0.493 e. The number of hydrogen-bond donors (Lipinski definition) is 2.